The summed E-state index contributed by atoms with van der Waals surface area (Å²) < 4.78 is 1.82. The van der Waals surface area contributed by atoms with Crippen molar-refractivity contribution in [3.05, 3.63) is 12.7 Å². The molecule has 6 heteroatoms. The van der Waals surface area contributed by atoms with Crippen LogP contribution in [-0.4, -0.2) is 52.3 Å². The van der Waals surface area contributed by atoms with E-state index in [1.165, 1.54) is 12.8 Å². The Kier molecular flexibility index (Phi) is 4.39. The molecule has 1 aromatic heterocycles. The largest absolute Gasteiger partial charge is 0.354 e. The monoisotopic (exact) mass is 264 g/mol. The Balaban J connectivity index is 1.81. The number of aliphatic imine (C=N–C) groups is 1. The summed E-state index contributed by atoms with van der Waals surface area (Å²) in [6, 6.07) is 0. The van der Waals surface area contributed by atoms with Crippen molar-refractivity contribution in [1.82, 2.24) is 25.0 Å². The third-order valence-corrected chi connectivity index (χ3v) is 4.01. The average Bonchev–Trinajstić information content (AvgIpc) is 3.05. The molecule has 1 atom stereocenters. The highest BCUT2D eigenvalue weighted by atomic mass is 15.3. The highest BCUT2D eigenvalue weighted by Crippen LogP contribution is 2.32. The Bertz CT molecular complexity index is 413. The van der Waals surface area contributed by atoms with Crippen molar-refractivity contribution in [2.75, 3.05) is 26.7 Å². The van der Waals surface area contributed by atoms with Crippen LogP contribution in [0.3, 0.4) is 0 Å². The average molecular weight is 264 g/mol. The van der Waals surface area contributed by atoms with Gasteiger partial charge in [0.15, 0.2) is 5.96 Å². The number of hydrogen-bond acceptors (Lipinski definition) is 3. The van der Waals surface area contributed by atoms with Gasteiger partial charge in [-0.1, -0.05) is 13.8 Å². The Morgan fingerprint density at radius 3 is 2.95 bits per heavy atom. The highest BCUT2D eigenvalue weighted by molar-refractivity contribution is 5.80. The number of likely N-dealkylation sites (tertiary alicyclic amines) is 1. The van der Waals surface area contributed by atoms with Crippen molar-refractivity contribution in [3.8, 4) is 0 Å². The van der Waals surface area contributed by atoms with Crippen molar-refractivity contribution in [3.63, 3.8) is 0 Å². The molecule has 0 amide bonds. The molecule has 1 aliphatic rings. The van der Waals surface area contributed by atoms with Gasteiger partial charge in [-0.2, -0.15) is 5.10 Å². The first-order chi connectivity index (χ1) is 9.17. The van der Waals surface area contributed by atoms with Crippen LogP contribution in [0.5, 0.6) is 0 Å². The maximum Gasteiger partial charge on any atom is 0.193 e. The number of nitrogens with zero attached hydrogens (tertiary/aromatic N) is 5. The Labute approximate surface area is 114 Å². The van der Waals surface area contributed by atoms with E-state index in [9.17, 15) is 0 Å². The van der Waals surface area contributed by atoms with Gasteiger partial charge in [0.1, 0.15) is 12.7 Å². The van der Waals surface area contributed by atoms with Gasteiger partial charge in [0.25, 0.3) is 0 Å². The van der Waals surface area contributed by atoms with Gasteiger partial charge in [0.05, 0.1) is 6.54 Å². The molecule has 106 valence electrons. The summed E-state index contributed by atoms with van der Waals surface area (Å²) in [5, 5.41) is 7.48. The zero-order chi connectivity index (χ0) is 13.7. The van der Waals surface area contributed by atoms with Crippen LogP contribution in [0.4, 0.5) is 0 Å². The fourth-order valence-corrected chi connectivity index (χ4v) is 2.46. The molecule has 1 fully saturated rings. The summed E-state index contributed by atoms with van der Waals surface area (Å²) in [6.45, 7) is 8.42. The van der Waals surface area contributed by atoms with Crippen LogP contribution in [0.15, 0.2) is 17.6 Å². The van der Waals surface area contributed by atoms with E-state index in [-0.39, 0.29) is 0 Å². The molecule has 0 saturated carbocycles. The third-order valence-electron chi connectivity index (χ3n) is 4.01. The van der Waals surface area contributed by atoms with E-state index in [0.717, 1.165) is 32.1 Å². The minimum Gasteiger partial charge on any atom is -0.354 e. The number of guanidine groups is 1. The number of hydrogen-bond donors (Lipinski definition) is 1. The fraction of sp³-hybridized carbons (Fsp3) is 0.769. The van der Waals surface area contributed by atoms with Gasteiger partial charge in [-0.15, -0.1) is 0 Å². The second kappa shape index (κ2) is 6.04. The van der Waals surface area contributed by atoms with Gasteiger partial charge < -0.3 is 10.2 Å². The molecule has 1 saturated heterocycles. The summed E-state index contributed by atoms with van der Waals surface area (Å²) in [7, 11) is 1.85. The Morgan fingerprint density at radius 2 is 2.37 bits per heavy atom. The predicted octanol–water partition coefficient (Wildman–Crippen LogP) is 0.975. The van der Waals surface area contributed by atoms with E-state index in [1.807, 2.05) is 11.7 Å². The smallest absolute Gasteiger partial charge is 0.193 e. The Hall–Kier alpha value is -1.59. The second-order valence-corrected chi connectivity index (χ2v) is 5.47. The van der Waals surface area contributed by atoms with E-state index >= 15 is 0 Å². The highest BCUT2D eigenvalue weighted by Gasteiger charge is 2.33. The molecular weight excluding hydrogens is 240 g/mol. The van der Waals surface area contributed by atoms with Crippen molar-refractivity contribution in [2.24, 2.45) is 10.4 Å². The van der Waals surface area contributed by atoms with Crippen molar-refractivity contribution in [2.45, 2.75) is 33.2 Å². The maximum absolute atomic E-state index is 4.37. The summed E-state index contributed by atoms with van der Waals surface area (Å²) >= 11 is 0. The normalized spacial score (nSPS) is 23.9. The lowest BCUT2D eigenvalue weighted by molar-refractivity contribution is 0.322. The van der Waals surface area contributed by atoms with E-state index in [0.29, 0.717) is 5.41 Å². The number of rotatable bonds is 4. The van der Waals surface area contributed by atoms with Gasteiger partial charge in [0, 0.05) is 26.7 Å². The number of aromatic nitrogens is 3. The lowest BCUT2D eigenvalue weighted by Crippen LogP contribution is -2.42. The first-order valence-corrected chi connectivity index (χ1v) is 6.95. The van der Waals surface area contributed by atoms with E-state index in [2.05, 4.69) is 39.1 Å². The predicted molar refractivity (Wildman–Crippen MR) is 76.0 cm³/mol. The summed E-state index contributed by atoms with van der Waals surface area (Å²) in [6.07, 6.45) is 5.75. The molecule has 0 radical (unpaired) electrons. The molecule has 0 aliphatic carbocycles. The molecular formula is C13H24N6. The molecule has 2 heterocycles. The zero-order valence-corrected chi connectivity index (χ0v) is 12.1. The lowest BCUT2D eigenvalue weighted by atomic mass is 9.87. The lowest BCUT2D eigenvalue weighted by Gasteiger charge is -2.25. The standard InChI is InChI=1S/C13H24N6/c1-4-13(2)5-7-18(9-13)12(14-3)16-6-8-19-11-15-10-17-19/h10-11H,4-9H2,1-3H3,(H,14,16). The van der Waals surface area contributed by atoms with Crippen LogP contribution in [0.1, 0.15) is 26.7 Å². The zero-order valence-electron chi connectivity index (χ0n) is 12.1. The molecule has 2 rings (SSSR count). The number of nitrogens with one attached hydrogen (secondary N) is 1. The second-order valence-electron chi connectivity index (χ2n) is 5.47. The van der Waals surface area contributed by atoms with Crippen molar-refractivity contribution in [1.29, 1.82) is 0 Å². The SMILES string of the molecule is CCC1(C)CCN(C(=NC)NCCn2cncn2)C1. The van der Waals surface area contributed by atoms with Crippen molar-refractivity contribution < 1.29 is 0 Å². The minimum atomic E-state index is 0.434. The van der Waals surface area contributed by atoms with Gasteiger partial charge in [-0.3, -0.25) is 9.67 Å². The Morgan fingerprint density at radius 1 is 1.53 bits per heavy atom. The maximum atomic E-state index is 4.37. The summed E-state index contributed by atoms with van der Waals surface area (Å²) in [5.74, 6) is 0.997. The molecule has 0 bridgehead atoms. The minimum absolute atomic E-state index is 0.434. The van der Waals surface area contributed by atoms with Gasteiger partial charge >= 0.3 is 0 Å². The fourth-order valence-electron chi connectivity index (χ4n) is 2.46. The van der Waals surface area contributed by atoms with Crippen LogP contribution in [0.2, 0.25) is 0 Å². The van der Waals surface area contributed by atoms with Gasteiger partial charge in [-0.25, -0.2) is 4.98 Å². The molecule has 0 aromatic carbocycles. The molecule has 19 heavy (non-hydrogen) atoms. The van der Waals surface area contributed by atoms with Gasteiger partial charge in [0.2, 0.25) is 0 Å². The topological polar surface area (TPSA) is 58.3 Å². The summed E-state index contributed by atoms with van der Waals surface area (Å²) in [4.78, 5) is 10.7. The third kappa shape index (κ3) is 3.45. The molecule has 1 aromatic rings. The molecule has 1 unspecified atom stereocenters. The van der Waals surface area contributed by atoms with E-state index in [1.54, 1.807) is 12.7 Å². The van der Waals surface area contributed by atoms with E-state index in [4.69, 9.17) is 0 Å². The first-order valence-electron chi connectivity index (χ1n) is 6.95. The molecule has 6 nitrogen and oxygen atoms in total. The summed E-state index contributed by atoms with van der Waals surface area (Å²) in [5.41, 5.74) is 0.434. The van der Waals surface area contributed by atoms with Crippen LogP contribution in [-0.2, 0) is 6.54 Å². The van der Waals surface area contributed by atoms with Crippen LogP contribution in [0.25, 0.3) is 0 Å². The molecule has 0 spiro atoms. The first kappa shape index (κ1) is 13.8. The quantitative estimate of drug-likeness (QED) is 0.650. The van der Waals surface area contributed by atoms with Crippen molar-refractivity contribution >= 4 is 5.96 Å². The van der Waals surface area contributed by atoms with E-state index < -0.39 is 0 Å². The van der Waals surface area contributed by atoms with Crippen LogP contribution in [0, 0.1) is 5.41 Å². The van der Waals surface area contributed by atoms with Gasteiger partial charge in [-0.05, 0) is 18.3 Å². The van der Waals surface area contributed by atoms with Crippen LogP contribution < -0.4 is 5.32 Å². The van der Waals surface area contributed by atoms with Crippen LogP contribution >= 0.6 is 0 Å². The molecule has 1 N–H and O–H groups in total. The molecule has 1 aliphatic heterocycles.